The molecule has 19 heavy (non-hydrogen) atoms. The third-order valence-corrected chi connectivity index (χ3v) is 4.09. The van der Waals surface area contributed by atoms with Crippen LogP contribution in [0, 0.1) is 6.92 Å². The lowest BCUT2D eigenvalue weighted by atomic mass is 10.2. The van der Waals surface area contributed by atoms with Crippen LogP contribution in [0.2, 0.25) is 5.02 Å². The molecule has 0 amide bonds. The van der Waals surface area contributed by atoms with E-state index < -0.39 is 10.0 Å². The number of hydrogen-bond donors (Lipinski definition) is 1. The van der Waals surface area contributed by atoms with Crippen LogP contribution in [-0.4, -0.2) is 13.4 Å². The second kappa shape index (κ2) is 5.59. The Morgan fingerprint density at radius 3 is 2.58 bits per heavy atom. The van der Waals surface area contributed by atoms with Crippen LogP contribution in [0.3, 0.4) is 0 Å². The Morgan fingerprint density at radius 1 is 1.21 bits per heavy atom. The maximum absolute atomic E-state index is 12.0. The number of anilines is 1. The van der Waals surface area contributed by atoms with E-state index in [2.05, 4.69) is 9.71 Å². The summed E-state index contributed by atoms with van der Waals surface area (Å²) in [6.07, 6.45) is 1.49. The number of nitrogens with zero attached hydrogens (tertiary/aromatic N) is 1. The first-order chi connectivity index (χ1) is 8.96. The van der Waals surface area contributed by atoms with Gasteiger partial charge in [-0.15, -0.1) is 0 Å². The summed E-state index contributed by atoms with van der Waals surface area (Å²) < 4.78 is 26.5. The number of nitrogens with one attached hydrogen (secondary N) is 1. The molecule has 1 aromatic heterocycles. The molecule has 0 bridgehead atoms. The number of rotatable bonds is 4. The van der Waals surface area contributed by atoms with E-state index in [0.717, 1.165) is 5.69 Å². The summed E-state index contributed by atoms with van der Waals surface area (Å²) in [6, 6.07) is 10.3. The quantitative estimate of drug-likeness (QED) is 0.943. The van der Waals surface area contributed by atoms with Gasteiger partial charge < -0.3 is 0 Å². The zero-order chi connectivity index (χ0) is 13.9. The summed E-state index contributed by atoms with van der Waals surface area (Å²) >= 11 is 5.95. The summed E-state index contributed by atoms with van der Waals surface area (Å²) in [5.74, 6) is -0.166. The minimum absolute atomic E-state index is 0.166. The van der Waals surface area contributed by atoms with E-state index >= 15 is 0 Å². The lowest BCUT2D eigenvalue weighted by Crippen LogP contribution is -2.15. The second-order valence-electron chi connectivity index (χ2n) is 4.14. The van der Waals surface area contributed by atoms with Crippen molar-refractivity contribution >= 4 is 27.3 Å². The van der Waals surface area contributed by atoms with Gasteiger partial charge in [0.05, 0.1) is 17.6 Å². The summed E-state index contributed by atoms with van der Waals surface area (Å²) in [7, 11) is -3.50. The van der Waals surface area contributed by atoms with Crippen molar-refractivity contribution < 1.29 is 8.42 Å². The molecule has 0 aliphatic carbocycles. The molecule has 0 aliphatic heterocycles. The van der Waals surface area contributed by atoms with E-state index in [0.29, 0.717) is 16.3 Å². The van der Waals surface area contributed by atoms with Gasteiger partial charge in [0.15, 0.2) is 0 Å². The minimum atomic E-state index is -3.50. The molecule has 0 fully saturated rings. The molecule has 0 spiro atoms. The van der Waals surface area contributed by atoms with Crippen LogP contribution < -0.4 is 4.72 Å². The Hall–Kier alpha value is -1.59. The monoisotopic (exact) mass is 296 g/mol. The largest absolute Gasteiger partial charge is 0.282 e. The van der Waals surface area contributed by atoms with Crippen LogP contribution in [0.1, 0.15) is 11.3 Å². The number of pyridine rings is 1. The Kier molecular flexibility index (Phi) is 4.07. The van der Waals surface area contributed by atoms with Crippen LogP contribution in [-0.2, 0) is 15.8 Å². The van der Waals surface area contributed by atoms with Crippen molar-refractivity contribution in [1.82, 2.24) is 4.98 Å². The third kappa shape index (κ3) is 3.94. The van der Waals surface area contributed by atoms with Gasteiger partial charge in [0.25, 0.3) is 0 Å². The van der Waals surface area contributed by atoms with E-state index in [1.165, 1.54) is 6.20 Å². The van der Waals surface area contributed by atoms with Crippen molar-refractivity contribution in [3.63, 3.8) is 0 Å². The van der Waals surface area contributed by atoms with Crippen LogP contribution >= 0.6 is 11.6 Å². The lowest BCUT2D eigenvalue weighted by Gasteiger charge is -2.09. The molecule has 0 unspecified atom stereocenters. The van der Waals surface area contributed by atoms with Crippen LogP contribution in [0.4, 0.5) is 5.69 Å². The van der Waals surface area contributed by atoms with Crippen LogP contribution in [0.5, 0.6) is 0 Å². The third-order valence-electron chi connectivity index (χ3n) is 2.49. The van der Waals surface area contributed by atoms with Gasteiger partial charge in [0.1, 0.15) is 0 Å². The van der Waals surface area contributed by atoms with Crippen molar-refractivity contribution in [2.45, 2.75) is 12.7 Å². The molecule has 100 valence electrons. The predicted octanol–water partition coefficient (Wildman–Crippen LogP) is 2.99. The topological polar surface area (TPSA) is 59.1 Å². The molecule has 1 N–H and O–H groups in total. The fourth-order valence-electron chi connectivity index (χ4n) is 1.56. The van der Waals surface area contributed by atoms with Gasteiger partial charge in [-0.25, -0.2) is 8.42 Å². The maximum atomic E-state index is 12.0. The standard InChI is InChI=1S/C13H13ClN2O2S/c1-10-6-7-12(8-15-10)16-19(17,18)9-11-4-2-3-5-13(11)14/h2-8,16H,9H2,1H3. The highest BCUT2D eigenvalue weighted by molar-refractivity contribution is 7.91. The van der Waals surface area contributed by atoms with Crippen molar-refractivity contribution in [3.8, 4) is 0 Å². The number of hydrogen-bond acceptors (Lipinski definition) is 3. The number of benzene rings is 1. The summed E-state index contributed by atoms with van der Waals surface area (Å²) in [5, 5.41) is 0.440. The van der Waals surface area contributed by atoms with E-state index in [1.807, 2.05) is 6.92 Å². The minimum Gasteiger partial charge on any atom is -0.282 e. The smallest absolute Gasteiger partial charge is 0.237 e. The SMILES string of the molecule is Cc1ccc(NS(=O)(=O)Cc2ccccc2Cl)cn1. The van der Waals surface area contributed by atoms with E-state index in [-0.39, 0.29) is 5.75 Å². The fourth-order valence-corrected chi connectivity index (χ4v) is 3.06. The molecule has 0 saturated carbocycles. The normalized spacial score (nSPS) is 11.3. The van der Waals surface area contributed by atoms with Crippen LogP contribution in [0.15, 0.2) is 42.6 Å². The Bertz CT molecular complexity index is 669. The second-order valence-corrected chi connectivity index (χ2v) is 6.27. The molecule has 0 saturated heterocycles. The number of aromatic nitrogens is 1. The predicted molar refractivity (Wildman–Crippen MR) is 76.7 cm³/mol. The van der Waals surface area contributed by atoms with E-state index in [4.69, 9.17) is 11.6 Å². The molecule has 0 atom stereocenters. The van der Waals surface area contributed by atoms with Crippen molar-refractivity contribution in [2.75, 3.05) is 4.72 Å². The van der Waals surface area contributed by atoms with Gasteiger partial charge in [-0.1, -0.05) is 29.8 Å². The first-order valence-electron chi connectivity index (χ1n) is 5.63. The molecule has 4 nitrogen and oxygen atoms in total. The summed E-state index contributed by atoms with van der Waals surface area (Å²) in [6.45, 7) is 1.84. The molecular formula is C13H13ClN2O2S. The Labute approximate surface area is 117 Å². The Balaban J connectivity index is 2.15. The molecule has 2 rings (SSSR count). The summed E-state index contributed by atoms with van der Waals surface area (Å²) in [4.78, 5) is 4.03. The highest BCUT2D eigenvalue weighted by Crippen LogP contribution is 2.19. The van der Waals surface area contributed by atoms with E-state index in [1.54, 1.807) is 36.4 Å². The zero-order valence-corrected chi connectivity index (χ0v) is 11.9. The molecule has 1 aromatic carbocycles. The lowest BCUT2D eigenvalue weighted by molar-refractivity contribution is 0.600. The number of halogens is 1. The van der Waals surface area contributed by atoms with Gasteiger partial charge in [0, 0.05) is 10.7 Å². The van der Waals surface area contributed by atoms with Gasteiger partial charge in [-0.2, -0.15) is 0 Å². The van der Waals surface area contributed by atoms with Crippen molar-refractivity contribution in [1.29, 1.82) is 0 Å². The first-order valence-corrected chi connectivity index (χ1v) is 7.66. The van der Waals surface area contributed by atoms with Gasteiger partial charge in [-0.3, -0.25) is 9.71 Å². The average Bonchev–Trinajstić information content (AvgIpc) is 2.35. The fraction of sp³-hybridized carbons (Fsp3) is 0.154. The number of sulfonamides is 1. The first kappa shape index (κ1) is 13.8. The zero-order valence-electron chi connectivity index (χ0n) is 10.3. The van der Waals surface area contributed by atoms with Crippen LogP contribution in [0.25, 0.3) is 0 Å². The molecule has 0 aliphatic rings. The van der Waals surface area contributed by atoms with Gasteiger partial charge >= 0.3 is 0 Å². The molecule has 6 heteroatoms. The van der Waals surface area contributed by atoms with Gasteiger partial charge in [-0.05, 0) is 30.7 Å². The highest BCUT2D eigenvalue weighted by Gasteiger charge is 2.13. The van der Waals surface area contributed by atoms with E-state index in [9.17, 15) is 8.42 Å². The van der Waals surface area contributed by atoms with Gasteiger partial charge in [0.2, 0.25) is 10.0 Å². The maximum Gasteiger partial charge on any atom is 0.237 e. The highest BCUT2D eigenvalue weighted by atomic mass is 35.5. The molecule has 1 heterocycles. The molecule has 2 aromatic rings. The number of aryl methyl sites for hydroxylation is 1. The molecule has 0 radical (unpaired) electrons. The van der Waals surface area contributed by atoms with Crippen molar-refractivity contribution in [3.05, 3.63) is 58.9 Å². The summed E-state index contributed by atoms with van der Waals surface area (Å²) in [5.41, 5.74) is 1.84. The van der Waals surface area contributed by atoms with Crippen molar-refractivity contribution in [2.24, 2.45) is 0 Å². The Morgan fingerprint density at radius 2 is 1.95 bits per heavy atom. The average molecular weight is 297 g/mol. The molecular weight excluding hydrogens is 284 g/mol.